The highest BCUT2D eigenvalue weighted by atomic mass is 16.2. The van der Waals surface area contributed by atoms with Gasteiger partial charge in [-0.25, -0.2) is 4.98 Å². The molecule has 1 saturated heterocycles. The minimum Gasteiger partial charge on any atom is -0.347 e. The first kappa shape index (κ1) is 20.2. The maximum Gasteiger partial charge on any atom is 0.241 e. The molecule has 1 fully saturated rings. The van der Waals surface area contributed by atoms with Crippen molar-refractivity contribution in [2.24, 2.45) is 0 Å². The van der Waals surface area contributed by atoms with Crippen molar-refractivity contribution in [1.29, 1.82) is 0 Å². The molecule has 6 heteroatoms. The van der Waals surface area contributed by atoms with Crippen molar-refractivity contribution in [3.8, 4) is 0 Å². The number of rotatable bonds is 5. The number of imidazole rings is 1. The predicted molar refractivity (Wildman–Crippen MR) is 125 cm³/mol. The first-order valence-electron chi connectivity index (χ1n) is 11.1. The molecule has 1 unspecified atom stereocenters. The van der Waals surface area contributed by atoms with E-state index in [0.717, 1.165) is 52.6 Å². The van der Waals surface area contributed by atoms with Crippen LogP contribution in [0.15, 0.2) is 66.7 Å². The highest BCUT2D eigenvalue weighted by Gasteiger charge is 2.26. The van der Waals surface area contributed by atoms with E-state index in [4.69, 9.17) is 4.98 Å². The third kappa shape index (κ3) is 4.21. The summed E-state index contributed by atoms with van der Waals surface area (Å²) in [6, 6.07) is 22.0. The van der Waals surface area contributed by atoms with Gasteiger partial charge < -0.3 is 15.2 Å². The molecule has 6 nitrogen and oxygen atoms in total. The lowest BCUT2D eigenvalue weighted by Gasteiger charge is -2.32. The SMILES string of the molecule is O=C(Cc1cccc2ccccc12)NCC(=O)N1CCCC(c2nc3ccccc3[nH]2)C1. The molecule has 0 saturated carbocycles. The summed E-state index contributed by atoms with van der Waals surface area (Å²) >= 11 is 0. The number of fused-ring (bicyclic) bond motifs is 2. The molecule has 2 heterocycles. The fraction of sp³-hybridized carbons (Fsp3) is 0.269. The molecule has 4 aromatic rings. The van der Waals surface area contributed by atoms with E-state index < -0.39 is 0 Å². The van der Waals surface area contributed by atoms with Crippen LogP contribution in [-0.4, -0.2) is 46.3 Å². The zero-order valence-electron chi connectivity index (χ0n) is 17.9. The highest BCUT2D eigenvalue weighted by Crippen LogP contribution is 2.26. The summed E-state index contributed by atoms with van der Waals surface area (Å²) in [7, 11) is 0. The van der Waals surface area contributed by atoms with Gasteiger partial charge in [-0.2, -0.15) is 0 Å². The van der Waals surface area contributed by atoms with Crippen LogP contribution >= 0.6 is 0 Å². The molecule has 0 radical (unpaired) electrons. The van der Waals surface area contributed by atoms with Gasteiger partial charge in [0.2, 0.25) is 11.8 Å². The monoisotopic (exact) mass is 426 g/mol. The second-order valence-electron chi connectivity index (χ2n) is 8.41. The quantitative estimate of drug-likeness (QED) is 0.510. The van der Waals surface area contributed by atoms with Gasteiger partial charge in [0.15, 0.2) is 0 Å². The van der Waals surface area contributed by atoms with Gasteiger partial charge in [-0.1, -0.05) is 54.6 Å². The lowest BCUT2D eigenvalue weighted by molar-refractivity contribution is -0.133. The van der Waals surface area contributed by atoms with Crippen molar-refractivity contribution in [1.82, 2.24) is 20.2 Å². The van der Waals surface area contributed by atoms with E-state index in [-0.39, 0.29) is 30.7 Å². The van der Waals surface area contributed by atoms with E-state index in [1.807, 2.05) is 71.6 Å². The number of nitrogens with zero attached hydrogens (tertiary/aromatic N) is 2. The van der Waals surface area contributed by atoms with Gasteiger partial charge in [-0.15, -0.1) is 0 Å². The Hall–Kier alpha value is -3.67. The summed E-state index contributed by atoms with van der Waals surface area (Å²) in [5, 5.41) is 5.00. The first-order chi connectivity index (χ1) is 15.7. The fourth-order valence-electron chi connectivity index (χ4n) is 4.56. The maximum atomic E-state index is 12.8. The second-order valence-corrected chi connectivity index (χ2v) is 8.41. The average molecular weight is 427 g/mol. The third-order valence-corrected chi connectivity index (χ3v) is 6.24. The largest absolute Gasteiger partial charge is 0.347 e. The lowest BCUT2D eigenvalue weighted by Crippen LogP contribution is -2.44. The number of hydrogen-bond donors (Lipinski definition) is 2. The van der Waals surface area contributed by atoms with Gasteiger partial charge in [-0.05, 0) is 41.3 Å². The van der Waals surface area contributed by atoms with Crippen LogP contribution in [0.3, 0.4) is 0 Å². The number of piperidine rings is 1. The van der Waals surface area contributed by atoms with Crippen LogP contribution in [0.25, 0.3) is 21.8 Å². The lowest BCUT2D eigenvalue weighted by atomic mass is 9.97. The normalized spacial score (nSPS) is 16.4. The van der Waals surface area contributed by atoms with Crippen molar-refractivity contribution in [3.63, 3.8) is 0 Å². The van der Waals surface area contributed by atoms with Gasteiger partial charge >= 0.3 is 0 Å². The molecule has 1 aliphatic rings. The Morgan fingerprint density at radius 1 is 1.03 bits per heavy atom. The van der Waals surface area contributed by atoms with Crippen LogP contribution < -0.4 is 5.32 Å². The minimum absolute atomic E-state index is 0.0243. The number of carbonyl (C=O) groups excluding carboxylic acids is 2. The molecule has 5 rings (SSSR count). The topological polar surface area (TPSA) is 78.1 Å². The van der Waals surface area contributed by atoms with Crippen molar-refractivity contribution < 1.29 is 9.59 Å². The molecule has 162 valence electrons. The standard InChI is InChI=1S/C26H26N4O2/c31-24(15-19-9-5-8-18-7-1-2-11-21(18)19)27-16-25(32)30-14-6-10-20(17-30)26-28-22-12-3-4-13-23(22)29-26/h1-5,7-9,11-13,20H,6,10,14-17H2,(H,27,31)(H,28,29). The smallest absolute Gasteiger partial charge is 0.241 e. The summed E-state index contributed by atoms with van der Waals surface area (Å²) in [4.78, 5) is 35.3. The van der Waals surface area contributed by atoms with E-state index in [1.54, 1.807) is 0 Å². The summed E-state index contributed by atoms with van der Waals surface area (Å²) in [6.07, 6.45) is 2.19. The number of benzene rings is 3. The average Bonchev–Trinajstić information content (AvgIpc) is 3.27. The molecule has 32 heavy (non-hydrogen) atoms. The van der Waals surface area contributed by atoms with Crippen LogP contribution in [0, 0.1) is 0 Å². The molecule has 3 aromatic carbocycles. The Kier molecular flexibility index (Phi) is 5.58. The van der Waals surface area contributed by atoms with Crippen molar-refractivity contribution >= 4 is 33.6 Å². The summed E-state index contributed by atoms with van der Waals surface area (Å²) in [6.45, 7) is 1.36. The zero-order valence-corrected chi connectivity index (χ0v) is 17.9. The Labute approximate surface area is 186 Å². The third-order valence-electron chi connectivity index (χ3n) is 6.24. The summed E-state index contributed by atoms with van der Waals surface area (Å²) in [5.41, 5.74) is 2.94. The number of nitrogens with one attached hydrogen (secondary N) is 2. The number of carbonyl (C=O) groups is 2. The molecule has 0 aliphatic carbocycles. The molecule has 2 N–H and O–H groups in total. The molecular formula is C26H26N4O2. The van der Waals surface area contributed by atoms with Gasteiger partial charge in [0, 0.05) is 19.0 Å². The number of likely N-dealkylation sites (tertiary alicyclic amines) is 1. The summed E-state index contributed by atoms with van der Waals surface area (Å²) in [5.74, 6) is 0.938. The molecule has 0 spiro atoms. The van der Waals surface area contributed by atoms with E-state index in [9.17, 15) is 9.59 Å². The molecule has 1 aliphatic heterocycles. The Morgan fingerprint density at radius 2 is 1.84 bits per heavy atom. The predicted octanol–water partition coefficient (Wildman–Crippen LogP) is 3.78. The Bertz CT molecular complexity index is 1240. The van der Waals surface area contributed by atoms with E-state index in [1.165, 1.54) is 0 Å². The number of amides is 2. The van der Waals surface area contributed by atoms with Crippen LogP contribution in [-0.2, 0) is 16.0 Å². The Balaban J connectivity index is 1.18. The number of para-hydroxylation sites is 2. The minimum atomic E-state index is -0.138. The van der Waals surface area contributed by atoms with Crippen molar-refractivity contribution in [3.05, 3.63) is 78.1 Å². The van der Waals surface area contributed by atoms with Crippen molar-refractivity contribution in [2.75, 3.05) is 19.6 Å². The van der Waals surface area contributed by atoms with E-state index in [0.29, 0.717) is 6.54 Å². The maximum absolute atomic E-state index is 12.8. The fourth-order valence-corrected chi connectivity index (χ4v) is 4.56. The molecule has 1 atom stereocenters. The first-order valence-corrected chi connectivity index (χ1v) is 11.1. The second kappa shape index (κ2) is 8.83. The number of aromatic nitrogens is 2. The van der Waals surface area contributed by atoms with E-state index in [2.05, 4.69) is 10.3 Å². The van der Waals surface area contributed by atoms with Crippen LogP contribution in [0.4, 0.5) is 0 Å². The molecule has 0 bridgehead atoms. The van der Waals surface area contributed by atoms with E-state index >= 15 is 0 Å². The number of hydrogen-bond acceptors (Lipinski definition) is 3. The molecule has 1 aromatic heterocycles. The molecule has 2 amide bonds. The number of aromatic amines is 1. The molecular weight excluding hydrogens is 400 g/mol. The van der Waals surface area contributed by atoms with Gasteiger partial charge in [0.05, 0.1) is 24.0 Å². The van der Waals surface area contributed by atoms with Crippen LogP contribution in [0.5, 0.6) is 0 Å². The number of H-pyrrole nitrogens is 1. The Morgan fingerprint density at radius 3 is 2.75 bits per heavy atom. The zero-order chi connectivity index (χ0) is 21.9. The van der Waals surface area contributed by atoms with Crippen LogP contribution in [0.1, 0.15) is 30.1 Å². The highest BCUT2D eigenvalue weighted by molar-refractivity contribution is 5.91. The van der Waals surface area contributed by atoms with Gasteiger partial charge in [0.1, 0.15) is 5.82 Å². The van der Waals surface area contributed by atoms with Crippen LogP contribution in [0.2, 0.25) is 0 Å². The van der Waals surface area contributed by atoms with Gasteiger partial charge in [0.25, 0.3) is 0 Å². The summed E-state index contributed by atoms with van der Waals surface area (Å²) < 4.78 is 0. The van der Waals surface area contributed by atoms with Crippen molar-refractivity contribution in [2.45, 2.75) is 25.2 Å². The van der Waals surface area contributed by atoms with Gasteiger partial charge in [-0.3, -0.25) is 9.59 Å².